The average Bonchev–Trinajstić information content (AvgIpc) is 3.36. The number of aromatic amines is 1. The van der Waals surface area contributed by atoms with Crippen molar-refractivity contribution in [2.24, 2.45) is 23.7 Å². The van der Waals surface area contributed by atoms with Crippen molar-refractivity contribution >= 4 is 43.6 Å². The second-order valence-electron chi connectivity index (χ2n) is 13.7. The molecule has 2 heterocycles. The summed E-state index contributed by atoms with van der Waals surface area (Å²) in [5, 5.41) is 7.37. The summed E-state index contributed by atoms with van der Waals surface area (Å²) in [6.45, 7) is 2.03. The van der Waals surface area contributed by atoms with Crippen molar-refractivity contribution in [1.29, 1.82) is 0 Å². The van der Waals surface area contributed by atoms with Crippen LogP contribution in [0.25, 0.3) is 21.8 Å². The first-order valence-corrected chi connectivity index (χ1v) is 17.9. The van der Waals surface area contributed by atoms with E-state index in [-0.39, 0.29) is 23.5 Å². The van der Waals surface area contributed by atoms with Crippen LogP contribution in [0.1, 0.15) is 50.3 Å². The Morgan fingerprint density at radius 1 is 0.956 bits per heavy atom. The molecule has 8 rings (SSSR count). The molecule has 10 heteroatoms. The van der Waals surface area contributed by atoms with Gasteiger partial charge in [0.25, 0.3) is 0 Å². The Morgan fingerprint density at radius 3 is 2.31 bits per heavy atom. The predicted octanol–water partition coefficient (Wildman–Crippen LogP) is 5.33. The molecule has 9 nitrogen and oxygen atoms in total. The standard InChI is InChI=1S/C35H40N4O5S/c1-35(33(40)36-13-12-21-8-4-3-5-9-21,39-34(41)44-31-24-15-22-14-23(17-24)18-25(31)16-22)20-26-19-28-27-10-6-7-11-29(27)38-30(28)32(37-26)45(2,42)43/h3-11,19,22-25,31,38H,12-18,20H2,1-2H3,(H,36,40)(H,39,41). The van der Waals surface area contributed by atoms with Gasteiger partial charge in [-0.3, -0.25) is 4.79 Å². The number of carbonyl (C=O) groups is 2. The molecule has 4 aromatic rings. The number of benzene rings is 2. The molecular weight excluding hydrogens is 588 g/mol. The van der Waals surface area contributed by atoms with Gasteiger partial charge in [0, 0.05) is 41.2 Å². The normalized spacial score (nSPS) is 25.2. The van der Waals surface area contributed by atoms with Crippen LogP contribution >= 0.6 is 0 Å². The van der Waals surface area contributed by atoms with Gasteiger partial charge in [0.15, 0.2) is 14.9 Å². The SMILES string of the molecule is CC(Cc1cc2c([nH]c3ccccc32)c(S(C)(=O)=O)n1)(NC(=O)OC1C2CC3CC(C2)CC1C3)C(=O)NCCc1ccccc1. The van der Waals surface area contributed by atoms with Crippen LogP contribution in [0, 0.1) is 23.7 Å². The lowest BCUT2D eigenvalue weighted by atomic mass is 9.55. The van der Waals surface area contributed by atoms with Crippen LogP contribution in [-0.4, -0.2) is 54.8 Å². The van der Waals surface area contributed by atoms with Gasteiger partial charge in [0.2, 0.25) is 5.91 Å². The van der Waals surface area contributed by atoms with E-state index in [9.17, 15) is 18.0 Å². The summed E-state index contributed by atoms with van der Waals surface area (Å²) >= 11 is 0. The van der Waals surface area contributed by atoms with Gasteiger partial charge in [0.1, 0.15) is 11.6 Å². The smallest absolute Gasteiger partial charge is 0.408 e. The van der Waals surface area contributed by atoms with Crippen molar-refractivity contribution in [2.75, 3.05) is 12.8 Å². The molecule has 0 saturated heterocycles. The highest BCUT2D eigenvalue weighted by molar-refractivity contribution is 7.90. The molecule has 45 heavy (non-hydrogen) atoms. The molecule has 0 aliphatic heterocycles. The zero-order chi connectivity index (χ0) is 31.3. The van der Waals surface area contributed by atoms with E-state index in [0.717, 1.165) is 60.2 Å². The van der Waals surface area contributed by atoms with E-state index >= 15 is 0 Å². The minimum absolute atomic E-state index is 0.0289. The Morgan fingerprint density at radius 2 is 1.62 bits per heavy atom. The number of sulfone groups is 1. The number of pyridine rings is 1. The predicted molar refractivity (Wildman–Crippen MR) is 172 cm³/mol. The highest BCUT2D eigenvalue weighted by atomic mass is 32.2. The van der Waals surface area contributed by atoms with E-state index in [1.54, 1.807) is 6.92 Å². The maximum Gasteiger partial charge on any atom is 0.408 e. The molecule has 236 valence electrons. The van der Waals surface area contributed by atoms with Crippen LogP contribution in [0.5, 0.6) is 0 Å². The maximum atomic E-state index is 13.9. The molecule has 2 aromatic heterocycles. The van der Waals surface area contributed by atoms with E-state index in [1.807, 2.05) is 60.7 Å². The number of ether oxygens (including phenoxy) is 1. The monoisotopic (exact) mass is 628 g/mol. The number of carbonyl (C=O) groups excluding carboxylic acids is 2. The van der Waals surface area contributed by atoms with Crippen molar-refractivity contribution in [2.45, 2.75) is 68.5 Å². The quantitative estimate of drug-likeness (QED) is 0.230. The molecule has 0 spiro atoms. The van der Waals surface area contributed by atoms with Crippen LogP contribution in [0.15, 0.2) is 65.7 Å². The third-order valence-corrected chi connectivity index (χ3v) is 11.2. The highest BCUT2D eigenvalue weighted by Crippen LogP contribution is 2.54. The van der Waals surface area contributed by atoms with Crippen molar-refractivity contribution in [3.05, 3.63) is 71.9 Å². The first-order valence-electron chi connectivity index (χ1n) is 16.0. The van der Waals surface area contributed by atoms with Gasteiger partial charge in [-0.15, -0.1) is 0 Å². The van der Waals surface area contributed by atoms with E-state index in [1.165, 1.54) is 6.42 Å². The fourth-order valence-electron chi connectivity index (χ4n) is 8.38. The van der Waals surface area contributed by atoms with Gasteiger partial charge in [-0.2, -0.15) is 0 Å². The average molecular weight is 629 g/mol. The van der Waals surface area contributed by atoms with E-state index in [2.05, 4.69) is 20.6 Å². The number of amides is 2. The van der Waals surface area contributed by atoms with Gasteiger partial charge in [-0.1, -0.05) is 48.5 Å². The number of hydrogen-bond donors (Lipinski definition) is 3. The Bertz CT molecular complexity index is 1840. The summed E-state index contributed by atoms with van der Waals surface area (Å²) in [4.78, 5) is 35.2. The molecule has 4 aliphatic carbocycles. The van der Waals surface area contributed by atoms with Crippen molar-refractivity contribution in [3.8, 4) is 0 Å². The number of rotatable bonds is 9. The molecule has 1 unspecified atom stereocenters. The lowest BCUT2D eigenvalue weighted by molar-refractivity contribution is -0.127. The molecule has 4 aliphatic rings. The number of nitrogens with zero attached hydrogens (tertiary/aromatic N) is 1. The second-order valence-corrected chi connectivity index (χ2v) is 15.6. The third kappa shape index (κ3) is 5.92. The summed E-state index contributed by atoms with van der Waals surface area (Å²) < 4.78 is 32.0. The largest absolute Gasteiger partial charge is 0.446 e. The molecule has 4 bridgehead atoms. The summed E-state index contributed by atoms with van der Waals surface area (Å²) in [6, 6.07) is 19.2. The van der Waals surface area contributed by atoms with Crippen LogP contribution < -0.4 is 10.6 Å². The summed E-state index contributed by atoms with van der Waals surface area (Å²) in [6.07, 6.45) is 6.67. The number of nitrogens with one attached hydrogen (secondary N) is 3. The highest BCUT2D eigenvalue weighted by Gasteiger charge is 2.50. The number of alkyl carbamates (subject to hydrolysis) is 1. The van der Waals surface area contributed by atoms with Gasteiger partial charge in [-0.25, -0.2) is 18.2 Å². The fraction of sp³-hybridized carbons (Fsp3) is 0.457. The number of para-hydroxylation sites is 1. The first-order chi connectivity index (χ1) is 21.6. The molecule has 2 aromatic carbocycles. The lowest BCUT2D eigenvalue weighted by Gasteiger charge is -2.53. The van der Waals surface area contributed by atoms with Crippen LogP contribution in [0.3, 0.4) is 0 Å². The number of H-pyrrole nitrogens is 1. The topological polar surface area (TPSA) is 130 Å². The zero-order valence-electron chi connectivity index (χ0n) is 25.7. The van der Waals surface area contributed by atoms with Gasteiger partial charge >= 0.3 is 6.09 Å². The van der Waals surface area contributed by atoms with Gasteiger partial charge in [-0.05, 0) is 86.8 Å². The summed E-state index contributed by atoms with van der Waals surface area (Å²) in [7, 11) is -3.73. The second kappa shape index (κ2) is 11.5. The minimum Gasteiger partial charge on any atom is -0.446 e. The molecule has 2 amide bonds. The number of fused-ring (bicyclic) bond motifs is 3. The first kappa shape index (κ1) is 29.8. The van der Waals surface area contributed by atoms with Crippen LogP contribution in [0.2, 0.25) is 0 Å². The molecular formula is C35H40N4O5S. The van der Waals surface area contributed by atoms with Crippen molar-refractivity contribution in [1.82, 2.24) is 20.6 Å². The van der Waals surface area contributed by atoms with Gasteiger partial charge < -0.3 is 20.4 Å². The van der Waals surface area contributed by atoms with Crippen LogP contribution in [-0.2, 0) is 32.2 Å². The zero-order valence-corrected chi connectivity index (χ0v) is 26.5. The Hall–Kier alpha value is -3.92. The molecule has 4 saturated carbocycles. The van der Waals surface area contributed by atoms with E-state index in [4.69, 9.17) is 4.74 Å². The Balaban J connectivity index is 1.18. The third-order valence-electron chi connectivity index (χ3n) is 10.2. The Labute approximate surface area is 263 Å². The van der Waals surface area contributed by atoms with Crippen LogP contribution in [0.4, 0.5) is 4.79 Å². The van der Waals surface area contributed by atoms with Crippen molar-refractivity contribution < 1.29 is 22.7 Å². The maximum absolute atomic E-state index is 13.9. The lowest BCUT2D eigenvalue weighted by Crippen LogP contribution is -2.60. The van der Waals surface area contributed by atoms with Gasteiger partial charge in [0.05, 0.1) is 5.52 Å². The summed E-state index contributed by atoms with van der Waals surface area (Å²) in [5.74, 6) is 1.85. The van der Waals surface area contributed by atoms with Crippen molar-refractivity contribution in [3.63, 3.8) is 0 Å². The minimum atomic E-state index is -3.73. The summed E-state index contributed by atoms with van der Waals surface area (Å²) in [5.41, 5.74) is 1.21. The molecule has 1 atom stereocenters. The van der Waals surface area contributed by atoms with E-state index < -0.39 is 21.5 Å². The number of aromatic nitrogens is 2. The fourth-order valence-corrected chi connectivity index (χ4v) is 9.19. The van der Waals surface area contributed by atoms with E-state index in [0.29, 0.717) is 41.4 Å². The molecule has 0 radical (unpaired) electrons. The molecule has 3 N–H and O–H groups in total. The molecule has 4 fully saturated rings. The Kier molecular flexibility index (Phi) is 7.58. The number of hydrogen-bond acceptors (Lipinski definition) is 6.